The lowest BCUT2D eigenvalue weighted by atomic mass is 10.2. The van der Waals surface area contributed by atoms with E-state index >= 15 is 0 Å². The fraction of sp³-hybridized carbons (Fsp3) is 0.250. The van der Waals surface area contributed by atoms with E-state index in [1.807, 2.05) is 36.4 Å². The summed E-state index contributed by atoms with van der Waals surface area (Å²) in [6, 6.07) is 15.0. The first-order valence-electron chi connectivity index (χ1n) is 8.63. The van der Waals surface area contributed by atoms with Crippen LogP contribution in [0.2, 0.25) is 0 Å². The van der Waals surface area contributed by atoms with E-state index in [0.717, 1.165) is 35.5 Å². The van der Waals surface area contributed by atoms with Gasteiger partial charge in [-0.1, -0.05) is 12.1 Å². The van der Waals surface area contributed by atoms with Crippen molar-refractivity contribution in [1.82, 2.24) is 9.97 Å². The monoisotopic (exact) mass is 350 g/mol. The second-order valence-corrected chi connectivity index (χ2v) is 5.75. The molecule has 1 heterocycles. The molecular formula is C20H22N4O2. The highest BCUT2D eigenvalue weighted by molar-refractivity contribution is 5.91. The van der Waals surface area contributed by atoms with Gasteiger partial charge in [0.1, 0.15) is 5.82 Å². The molecule has 1 aromatic heterocycles. The fourth-order valence-corrected chi connectivity index (χ4v) is 2.82. The standard InChI is InChI=1S/C20H22N4O2/c1-4-24(5-2)18-16-8-6-7-9-17(16)22-20(23-18)21-15-12-10-14(11-13-15)19(25)26-3/h6-13H,4-5H2,1-3H3,(H,21,22,23). The third-order valence-electron chi connectivity index (χ3n) is 4.21. The average molecular weight is 350 g/mol. The van der Waals surface area contributed by atoms with Gasteiger partial charge in [-0.25, -0.2) is 9.78 Å². The smallest absolute Gasteiger partial charge is 0.337 e. The van der Waals surface area contributed by atoms with Gasteiger partial charge in [-0.2, -0.15) is 4.98 Å². The maximum Gasteiger partial charge on any atom is 0.337 e. The predicted molar refractivity (Wildman–Crippen MR) is 104 cm³/mol. The molecule has 0 saturated carbocycles. The van der Waals surface area contributed by atoms with Crippen molar-refractivity contribution in [2.24, 2.45) is 0 Å². The number of esters is 1. The van der Waals surface area contributed by atoms with Gasteiger partial charge >= 0.3 is 5.97 Å². The van der Waals surface area contributed by atoms with Gasteiger partial charge in [-0.05, 0) is 50.2 Å². The first-order valence-corrected chi connectivity index (χ1v) is 8.63. The first-order chi connectivity index (χ1) is 12.7. The van der Waals surface area contributed by atoms with Crippen LogP contribution in [-0.2, 0) is 4.74 Å². The molecule has 0 bridgehead atoms. The SMILES string of the molecule is CCN(CC)c1nc(Nc2ccc(C(=O)OC)cc2)nc2ccccc12. The van der Waals surface area contributed by atoms with Crippen molar-refractivity contribution < 1.29 is 9.53 Å². The number of nitrogens with one attached hydrogen (secondary N) is 1. The minimum absolute atomic E-state index is 0.359. The van der Waals surface area contributed by atoms with Crippen LogP contribution in [0.15, 0.2) is 48.5 Å². The van der Waals surface area contributed by atoms with Crippen molar-refractivity contribution in [2.45, 2.75) is 13.8 Å². The number of rotatable bonds is 6. The largest absolute Gasteiger partial charge is 0.465 e. The molecule has 0 aliphatic rings. The number of carbonyl (C=O) groups is 1. The number of benzene rings is 2. The van der Waals surface area contributed by atoms with Crippen LogP contribution in [0.5, 0.6) is 0 Å². The van der Waals surface area contributed by atoms with Gasteiger partial charge in [0.25, 0.3) is 0 Å². The van der Waals surface area contributed by atoms with Crippen molar-refractivity contribution in [1.29, 1.82) is 0 Å². The van der Waals surface area contributed by atoms with E-state index in [9.17, 15) is 4.79 Å². The highest BCUT2D eigenvalue weighted by atomic mass is 16.5. The molecule has 0 aliphatic carbocycles. The van der Waals surface area contributed by atoms with Crippen LogP contribution >= 0.6 is 0 Å². The summed E-state index contributed by atoms with van der Waals surface area (Å²) in [6.45, 7) is 5.95. The molecule has 6 heteroatoms. The maximum absolute atomic E-state index is 11.5. The summed E-state index contributed by atoms with van der Waals surface area (Å²) in [4.78, 5) is 23.1. The lowest BCUT2D eigenvalue weighted by Crippen LogP contribution is -2.23. The van der Waals surface area contributed by atoms with E-state index in [-0.39, 0.29) is 5.97 Å². The molecule has 1 N–H and O–H groups in total. The van der Waals surface area contributed by atoms with E-state index in [0.29, 0.717) is 11.5 Å². The highest BCUT2D eigenvalue weighted by Gasteiger charge is 2.12. The van der Waals surface area contributed by atoms with Crippen molar-refractivity contribution >= 4 is 34.3 Å². The Kier molecular flexibility index (Phi) is 5.31. The Morgan fingerprint density at radius 1 is 1.04 bits per heavy atom. The second-order valence-electron chi connectivity index (χ2n) is 5.75. The predicted octanol–water partition coefficient (Wildman–Crippen LogP) is 4.01. The summed E-state index contributed by atoms with van der Waals surface area (Å²) in [5, 5.41) is 4.25. The summed E-state index contributed by atoms with van der Waals surface area (Å²) in [7, 11) is 1.37. The van der Waals surface area contributed by atoms with Crippen LogP contribution in [0, 0.1) is 0 Å². The zero-order chi connectivity index (χ0) is 18.5. The van der Waals surface area contributed by atoms with Crippen molar-refractivity contribution in [3.63, 3.8) is 0 Å². The number of nitrogens with zero attached hydrogens (tertiary/aromatic N) is 3. The number of methoxy groups -OCH3 is 1. The number of hydrogen-bond acceptors (Lipinski definition) is 6. The third-order valence-corrected chi connectivity index (χ3v) is 4.21. The summed E-state index contributed by atoms with van der Waals surface area (Å²) in [5.41, 5.74) is 2.19. The van der Waals surface area contributed by atoms with Gasteiger partial charge in [0.05, 0.1) is 18.2 Å². The molecule has 0 atom stereocenters. The Balaban J connectivity index is 1.96. The highest BCUT2D eigenvalue weighted by Crippen LogP contribution is 2.26. The number of ether oxygens (including phenoxy) is 1. The van der Waals surface area contributed by atoms with E-state index < -0.39 is 0 Å². The zero-order valence-electron chi connectivity index (χ0n) is 15.2. The number of anilines is 3. The molecule has 0 spiro atoms. The summed E-state index contributed by atoms with van der Waals surface area (Å²) >= 11 is 0. The molecule has 6 nitrogen and oxygen atoms in total. The summed E-state index contributed by atoms with van der Waals surface area (Å²) in [5.74, 6) is 1.08. The molecule has 0 aliphatic heterocycles. The number of para-hydroxylation sites is 1. The first kappa shape index (κ1) is 17.7. The van der Waals surface area contributed by atoms with Gasteiger partial charge < -0.3 is 15.0 Å². The Labute approximate surface area is 152 Å². The van der Waals surface area contributed by atoms with E-state index in [2.05, 4.69) is 29.0 Å². The zero-order valence-corrected chi connectivity index (χ0v) is 15.2. The second kappa shape index (κ2) is 7.82. The molecule has 26 heavy (non-hydrogen) atoms. The fourth-order valence-electron chi connectivity index (χ4n) is 2.82. The molecule has 0 saturated heterocycles. The molecule has 0 radical (unpaired) electrons. The van der Waals surface area contributed by atoms with Gasteiger partial charge in [-0.3, -0.25) is 0 Å². The van der Waals surface area contributed by atoms with Crippen molar-refractivity contribution in [2.75, 3.05) is 30.4 Å². The van der Waals surface area contributed by atoms with Crippen LogP contribution in [0.3, 0.4) is 0 Å². The normalized spacial score (nSPS) is 10.6. The lowest BCUT2D eigenvalue weighted by Gasteiger charge is -2.22. The number of aromatic nitrogens is 2. The van der Waals surface area contributed by atoms with Gasteiger partial charge in [-0.15, -0.1) is 0 Å². The van der Waals surface area contributed by atoms with Crippen LogP contribution in [0.4, 0.5) is 17.5 Å². The molecule has 2 aromatic carbocycles. The molecule has 0 fully saturated rings. The van der Waals surface area contributed by atoms with Crippen molar-refractivity contribution in [3.8, 4) is 0 Å². The Bertz CT molecular complexity index is 905. The number of fused-ring (bicyclic) bond motifs is 1. The Morgan fingerprint density at radius 3 is 2.38 bits per heavy atom. The van der Waals surface area contributed by atoms with E-state index in [4.69, 9.17) is 9.72 Å². The Morgan fingerprint density at radius 2 is 1.73 bits per heavy atom. The third kappa shape index (κ3) is 3.59. The van der Waals surface area contributed by atoms with Gasteiger partial charge in [0, 0.05) is 24.2 Å². The molecule has 134 valence electrons. The van der Waals surface area contributed by atoms with Crippen LogP contribution in [0.1, 0.15) is 24.2 Å². The van der Waals surface area contributed by atoms with Crippen LogP contribution in [0.25, 0.3) is 10.9 Å². The van der Waals surface area contributed by atoms with Crippen LogP contribution < -0.4 is 10.2 Å². The van der Waals surface area contributed by atoms with Crippen molar-refractivity contribution in [3.05, 3.63) is 54.1 Å². The molecule has 3 rings (SSSR count). The number of carbonyl (C=O) groups excluding carboxylic acids is 1. The summed E-state index contributed by atoms with van der Waals surface area (Å²) in [6.07, 6.45) is 0. The summed E-state index contributed by atoms with van der Waals surface area (Å²) < 4.78 is 4.72. The molecule has 0 unspecified atom stereocenters. The maximum atomic E-state index is 11.5. The quantitative estimate of drug-likeness (QED) is 0.678. The molecule has 0 amide bonds. The molecular weight excluding hydrogens is 328 g/mol. The topological polar surface area (TPSA) is 67.4 Å². The lowest BCUT2D eigenvalue weighted by molar-refractivity contribution is 0.0601. The van der Waals surface area contributed by atoms with Gasteiger partial charge in [0.2, 0.25) is 5.95 Å². The van der Waals surface area contributed by atoms with E-state index in [1.165, 1.54) is 7.11 Å². The molecule has 3 aromatic rings. The average Bonchev–Trinajstić information content (AvgIpc) is 2.69. The number of hydrogen-bond donors (Lipinski definition) is 1. The van der Waals surface area contributed by atoms with Crippen LogP contribution in [-0.4, -0.2) is 36.1 Å². The van der Waals surface area contributed by atoms with E-state index in [1.54, 1.807) is 12.1 Å². The minimum Gasteiger partial charge on any atom is -0.465 e. The minimum atomic E-state index is -0.359. The van der Waals surface area contributed by atoms with Gasteiger partial charge in [0.15, 0.2) is 0 Å². The Hall–Kier alpha value is -3.15.